The van der Waals surface area contributed by atoms with Crippen LogP contribution in [0.2, 0.25) is 0 Å². The first kappa shape index (κ1) is 11.7. The van der Waals surface area contributed by atoms with E-state index in [1.807, 2.05) is 0 Å². The molecule has 1 aliphatic rings. The maximum Gasteiger partial charge on any atom is 0.0208 e. The van der Waals surface area contributed by atoms with E-state index in [0.29, 0.717) is 6.04 Å². The van der Waals surface area contributed by atoms with Gasteiger partial charge in [-0.3, -0.25) is 0 Å². The van der Waals surface area contributed by atoms with Crippen molar-refractivity contribution in [2.45, 2.75) is 58.0 Å². The number of nitrogens with one attached hydrogen (secondary N) is 1. The van der Waals surface area contributed by atoms with Crippen LogP contribution in [0, 0.1) is 0 Å². The molecular weight excluding hydrogens is 194 g/mol. The van der Waals surface area contributed by atoms with Gasteiger partial charge in [-0.05, 0) is 42.7 Å². The van der Waals surface area contributed by atoms with Crippen molar-refractivity contribution in [2.24, 2.45) is 0 Å². The monoisotopic (exact) mass is 217 g/mol. The van der Waals surface area contributed by atoms with E-state index in [9.17, 15) is 0 Å². The van der Waals surface area contributed by atoms with Crippen molar-refractivity contribution < 1.29 is 0 Å². The molecule has 1 fully saturated rings. The molecule has 0 saturated heterocycles. The molecule has 1 heteroatoms. The second-order valence-electron chi connectivity index (χ2n) is 4.91. The van der Waals surface area contributed by atoms with Crippen LogP contribution in [0.5, 0.6) is 0 Å². The molecule has 0 bridgehead atoms. The number of hydrogen-bond donors (Lipinski definition) is 1. The highest BCUT2D eigenvalue weighted by Gasteiger charge is 2.23. The smallest absolute Gasteiger partial charge is 0.0208 e. The molecule has 16 heavy (non-hydrogen) atoms. The van der Waals surface area contributed by atoms with Gasteiger partial charge in [0.1, 0.15) is 0 Å². The molecule has 88 valence electrons. The molecule has 0 unspecified atom stereocenters. The van der Waals surface area contributed by atoms with Gasteiger partial charge in [0.15, 0.2) is 0 Å². The van der Waals surface area contributed by atoms with E-state index in [0.717, 1.165) is 12.5 Å². The molecule has 1 aromatic rings. The van der Waals surface area contributed by atoms with Crippen molar-refractivity contribution in [2.75, 3.05) is 0 Å². The quantitative estimate of drug-likeness (QED) is 0.763. The normalized spacial score (nSPS) is 15.7. The Morgan fingerprint density at radius 2 is 2.00 bits per heavy atom. The molecule has 0 spiro atoms. The fraction of sp³-hybridized carbons (Fsp3) is 0.600. The Balaban J connectivity index is 1.90. The van der Waals surface area contributed by atoms with Gasteiger partial charge in [-0.15, -0.1) is 0 Å². The molecule has 1 N–H and O–H groups in total. The topological polar surface area (TPSA) is 12.0 Å². The van der Waals surface area contributed by atoms with Crippen molar-refractivity contribution in [3.05, 3.63) is 35.4 Å². The highest BCUT2D eigenvalue weighted by molar-refractivity contribution is 5.29. The summed E-state index contributed by atoms with van der Waals surface area (Å²) in [4.78, 5) is 0. The summed E-state index contributed by atoms with van der Waals surface area (Å²) < 4.78 is 0. The van der Waals surface area contributed by atoms with Gasteiger partial charge in [0.25, 0.3) is 0 Å². The van der Waals surface area contributed by atoms with Crippen LogP contribution in [0.4, 0.5) is 0 Å². The fourth-order valence-electron chi connectivity index (χ4n) is 2.21. The second-order valence-corrected chi connectivity index (χ2v) is 4.91. The van der Waals surface area contributed by atoms with Gasteiger partial charge in [0, 0.05) is 12.6 Å². The third-order valence-corrected chi connectivity index (χ3v) is 3.58. The van der Waals surface area contributed by atoms with E-state index in [2.05, 4.69) is 43.4 Å². The largest absolute Gasteiger partial charge is 0.310 e. The molecular formula is C15H23N. The van der Waals surface area contributed by atoms with Gasteiger partial charge in [0.05, 0.1) is 0 Å². The average molecular weight is 217 g/mol. The molecule has 1 aliphatic carbocycles. The lowest BCUT2D eigenvalue weighted by Crippen LogP contribution is -2.26. The van der Waals surface area contributed by atoms with Crippen molar-refractivity contribution in [3.8, 4) is 0 Å². The SMILES string of the molecule is CCC(CC)NCc1cccc(C2CC2)c1. The van der Waals surface area contributed by atoms with E-state index < -0.39 is 0 Å². The predicted octanol–water partition coefficient (Wildman–Crippen LogP) is 3.84. The third kappa shape index (κ3) is 3.08. The summed E-state index contributed by atoms with van der Waals surface area (Å²) in [6.07, 6.45) is 5.23. The lowest BCUT2D eigenvalue weighted by molar-refractivity contribution is 0.484. The Labute approximate surface area is 99.3 Å². The average Bonchev–Trinajstić information content (AvgIpc) is 3.15. The fourth-order valence-corrected chi connectivity index (χ4v) is 2.21. The van der Waals surface area contributed by atoms with E-state index in [1.54, 1.807) is 5.56 Å². The standard InChI is InChI=1S/C15H23N/c1-3-15(4-2)16-11-12-6-5-7-14(10-12)13-8-9-13/h5-7,10,13,15-16H,3-4,8-9,11H2,1-2H3. The minimum atomic E-state index is 0.671. The molecule has 0 atom stereocenters. The van der Waals surface area contributed by atoms with E-state index >= 15 is 0 Å². The van der Waals surface area contributed by atoms with Gasteiger partial charge in [-0.2, -0.15) is 0 Å². The minimum absolute atomic E-state index is 0.671. The summed E-state index contributed by atoms with van der Waals surface area (Å²) in [6.45, 7) is 5.52. The van der Waals surface area contributed by atoms with E-state index in [4.69, 9.17) is 0 Å². The summed E-state index contributed by atoms with van der Waals surface area (Å²) in [6, 6.07) is 9.77. The zero-order chi connectivity index (χ0) is 11.4. The predicted molar refractivity (Wildman–Crippen MR) is 69.6 cm³/mol. The summed E-state index contributed by atoms with van der Waals surface area (Å²) in [5.74, 6) is 0.869. The zero-order valence-electron chi connectivity index (χ0n) is 10.5. The second kappa shape index (κ2) is 5.49. The Kier molecular flexibility index (Phi) is 4.00. The molecule has 1 nitrogen and oxygen atoms in total. The molecule has 0 radical (unpaired) electrons. The van der Waals surface area contributed by atoms with Crippen molar-refractivity contribution >= 4 is 0 Å². The first-order chi connectivity index (χ1) is 7.83. The van der Waals surface area contributed by atoms with Crippen LogP contribution in [-0.2, 0) is 6.54 Å². The van der Waals surface area contributed by atoms with Crippen LogP contribution in [0.1, 0.15) is 56.6 Å². The molecule has 0 amide bonds. The highest BCUT2D eigenvalue weighted by Crippen LogP contribution is 2.40. The van der Waals surface area contributed by atoms with Crippen molar-refractivity contribution in [3.63, 3.8) is 0 Å². The summed E-state index contributed by atoms with van der Waals surface area (Å²) >= 11 is 0. The molecule has 2 rings (SSSR count). The van der Waals surface area contributed by atoms with Crippen LogP contribution >= 0.6 is 0 Å². The Hall–Kier alpha value is -0.820. The maximum atomic E-state index is 3.62. The summed E-state index contributed by atoms with van der Waals surface area (Å²) in [5.41, 5.74) is 2.99. The van der Waals surface area contributed by atoms with E-state index in [1.165, 1.54) is 31.2 Å². The molecule has 1 aromatic carbocycles. The maximum absolute atomic E-state index is 3.62. The van der Waals surface area contributed by atoms with Crippen molar-refractivity contribution in [1.82, 2.24) is 5.32 Å². The van der Waals surface area contributed by atoms with E-state index in [-0.39, 0.29) is 0 Å². The lowest BCUT2D eigenvalue weighted by atomic mass is 10.1. The Morgan fingerprint density at radius 3 is 2.62 bits per heavy atom. The molecule has 0 aliphatic heterocycles. The molecule has 0 heterocycles. The van der Waals surface area contributed by atoms with Gasteiger partial charge in [-0.25, -0.2) is 0 Å². The van der Waals surface area contributed by atoms with Crippen LogP contribution in [0.3, 0.4) is 0 Å². The first-order valence-electron chi connectivity index (χ1n) is 6.65. The Morgan fingerprint density at radius 1 is 1.25 bits per heavy atom. The summed E-state index contributed by atoms with van der Waals surface area (Å²) in [7, 11) is 0. The van der Waals surface area contributed by atoms with Gasteiger partial charge >= 0.3 is 0 Å². The first-order valence-corrected chi connectivity index (χ1v) is 6.65. The van der Waals surface area contributed by atoms with Crippen LogP contribution in [0.25, 0.3) is 0 Å². The zero-order valence-corrected chi connectivity index (χ0v) is 10.5. The minimum Gasteiger partial charge on any atom is -0.310 e. The molecule has 0 aromatic heterocycles. The van der Waals surface area contributed by atoms with Gasteiger partial charge < -0.3 is 5.32 Å². The third-order valence-electron chi connectivity index (χ3n) is 3.58. The molecule has 1 saturated carbocycles. The van der Waals surface area contributed by atoms with Crippen LogP contribution < -0.4 is 5.32 Å². The van der Waals surface area contributed by atoms with Crippen molar-refractivity contribution in [1.29, 1.82) is 0 Å². The summed E-state index contributed by atoms with van der Waals surface area (Å²) in [5, 5.41) is 3.62. The Bertz CT molecular complexity index is 324. The number of hydrogen-bond acceptors (Lipinski definition) is 1. The van der Waals surface area contributed by atoms with Crippen LogP contribution in [0.15, 0.2) is 24.3 Å². The highest BCUT2D eigenvalue weighted by atomic mass is 14.9. The van der Waals surface area contributed by atoms with Gasteiger partial charge in [0.2, 0.25) is 0 Å². The number of benzene rings is 1. The van der Waals surface area contributed by atoms with Crippen LogP contribution in [-0.4, -0.2) is 6.04 Å². The number of rotatable bonds is 6. The van der Waals surface area contributed by atoms with Gasteiger partial charge in [-0.1, -0.05) is 38.1 Å². The lowest BCUT2D eigenvalue weighted by Gasteiger charge is -2.15.